The summed E-state index contributed by atoms with van der Waals surface area (Å²) < 4.78 is 31.4. The number of rotatable bonds is 6. The standard InChI is InChI=1S/C13H16N2O6S/c1-22(18,19)21-8-10-11(12(16)14-10)15-13(17)20-7-9-5-3-2-4-6-9/h2-6,10-11H,7-8H2,1H3,(H,14,16)(H,15,17)/t10-,11+/m0/s1. The molecular weight excluding hydrogens is 312 g/mol. The number of carbonyl (C=O) groups excluding carboxylic acids is 2. The highest BCUT2D eigenvalue weighted by atomic mass is 32.2. The smallest absolute Gasteiger partial charge is 0.408 e. The fourth-order valence-electron chi connectivity index (χ4n) is 1.84. The predicted molar refractivity (Wildman–Crippen MR) is 76.3 cm³/mol. The van der Waals surface area contributed by atoms with Crippen LogP contribution in [0.3, 0.4) is 0 Å². The van der Waals surface area contributed by atoms with Crippen LogP contribution >= 0.6 is 0 Å². The van der Waals surface area contributed by atoms with Gasteiger partial charge in [-0.25, -0.2) is 4.79 Å². The number of ether oxygens (including phenoxy) is 1. The molecule has 1 aromatic rings. The third kappa shape index (κ3) is 4.71. The lowest BCUT2D eigenvalue weighted by molar-refractivity contribution is -0.132. The molecule has 1 aromatic carbocycles. The lowest BCUT2D eigenvalue weighted by atomic mass is 10.0. The highest BCUT2D eigenvalue weighted by molar-refractivity contribution is 7.85. The van der Waals surface area contributed by atoms with E-state index >= 15 is 0 Å². The normalized spacial score (nSPS) is 20.7. The van der Waals surface area contributed by atoms with Crippen molar-refractivity contribution in [3.63, 3.8) is 0 Å². The summed E-state index contributed by atoms with van der Waals surface area (Å²) in [6.45, 7) is -0.167. The molecule has 8 nitrogen and oxygen atoms in total. The van der Waals surface area contributed by atoms with E-state index in [1.165, 1.54) is 0 Å². The van der Waals surface area contributed by atoms with Crippen molar-refractivity contribution in [2.45, 2.75) is 18.7 Å². The molecule has 2 atom stereocenters. The molecule has 0 saturated carbocycles. The molecule has 22 heavy (non-hydrogen) atoms. The number of hydrogen-bond donors (Lipinski definition) is 2. The van der Waals surface area contributed by atoms with Crippen LogP contribution in [0.4, 0.5) is 4.79 Å². The zero-order chi connectivity index (χ0) is 16.2. The van der Waals surface area contributed by atoms with Crippen LogP contribution in [0, 0.1) is 0 Å². The van der Waals surface area contributed by atoms with E-state index < -0.39 is 34.2 Å². The first-order chi connectivity index (χ1) is 10.3. The van der Waals surface area contributed by atoms with Crippen molar-refractivity contribution in [1.82, 2.24) is 10.6 Å². The first kappa shape index (κ1) is 16.2. The van der Waals surface area contributed by atoms with E-state index in [-0.39, 0.29) is 13.2 Å². The van der Waals surface area contributed by atoms with Gasteiger partial charge in [0.15, 0.2) is 0 Å². The first-order valence-electron chi connectivity index (χ1n) is 6.47. The zero-order valence-electron chi connectivity index (χ0n) is 11.8. The summed E-state index contributed by atoms with van der Waals surface area (Å²) in [7, 11) is -3.61. The summed E-state index contributed by atoms with van der Waals surface area (Å²) in [5, 5.41) is 4.82. The Morgan fingerprint density at radius 3 is 2.59 bits per heavy atom. The van der Waals surface area contributed by atoms with E-state index in [4.69, 9.17) is 4.74 Å². The highest BCUT2D eigenvalue weighted by Crippen LogP contribution is 2.09. The number of amides is 2. The molecule has 2 N–H and O–H groups in total. The highest BCUT2D eigenvalue weighted by Gasteiger charge is 2.41. The molecule has 1 heterocycles. The van der Waals surface area contributed by atoms with Gasteiger partial charge in [-0.2, -0.15) is 8.42 Å². The Labute approximate surface area is 127 Å². The predicted octanol–water partition coefficient (Wildman–Crippen LogP) is -0.244. The molecule has 0 bridgehead atoms. The third-order valence-electron chi connectivity index (χ3n) is 2.96. The lowest BCUT2D eigenvalue weighted by Crippen LogP contribution is -2.70. The Balaban J connectivity index is 1.78. The van der Waals surface area contributed by atoms with Crippen molar-refractivity contribution in [2.24, 2.45) is 0 Å². The van der Waals surface area contributed by atoms with E-state index in [2.05, 4.69) is 14.8 Å². The fraction of sp³-hybridized carbons (Fsp3) is 0.385. The van der Waals surface area contributed by atoms with Gasteiger partial charge in [-0.1, -0.05) is 30.3 Å². The van der Waals surface area contributed by atoms with Crippen molar-refractivity contribution in [2.75, 3.05) is 12.9 Å². The van der Waals surface area contributed by atoms with Gasteiger partial charge in [-0.05, 0) is 5.56 Å². The number of nitrogens with one attached hydrogen (secondary N) is 2. The largest absolute Gasteiger partial charge is 0.445 e. The number of carbonyl (C=O) groups is 2. The van der Waals surface area contributed by atoms with Gasteiger partial charge < -0.3 is 15.4 Å². The van der Waals surface area contributed by atoms with Gasteiger partial charge in [0.1, 0.15) is 12.6 Å². The SMILES string of the molecule is CS(=O)(=O)OC[C@@H]1NC(=O)[C@@H]1NC(=O)OCc1ccccc1. The van der Waals surface area contributed by atoms with Gasteiger partial charge in [-0.15, -0.1) is 0 Å². The average Bonchev–Trinajstić information content (AvgIpc) is 2.47. The molecule has 1 fully saturated rings. The molecule has 120 valence electrons. The molecule has 0 radical (unpaired) electrons. The average molecular weight is 328 g/mol. The molecule has 9 heteroatoms. The lowest BCUT2D eigenvalue weighted by Gasteiger charge is -2.36. The second kappa shape index (κ2) is 6.75. The Kier molecular flexibility index (Phi) is 4.99. The van der Waals surface area contributed by atoms with E-state index in [0.29, 0.717) is 0 Å². The van der Waals surface area contributed by atoms with Gasteiger partial charge in [0, 0.05) is 0 Å². The van der Waals surface area contributed by atoms with Crippen molar-refractivity contribution in [3.05, 3.63) is 35.9 Å². The molecule has 2 rings (SSSR count). The van der Waals surface area contributed by atoms with Crippen molar-refractivity contribution >= 4 is 22.1 Å². The minimum atomic E-state index is -3.61. The second-order valence-corrected chi connectivity index (χ2v) is 6.43. The molecule has 1 aliphatic rings. The van der Waals surface area contributed by atoms with Gasteiger partial charge in [0.05, 0.1) is 18.9 Å². The van der Waals surface area contributed by atoms with Crippen molar-refractivity contribution in [1.29, 1.82) is 0 Å². The monoisotopic (exact) mass is 328 g/mol. The van der Waals surface area contributed by atoms with E-state index in [1.807, 2.05) is 18.2 Å². The van der Waals surface area contributed by atoms with Crippen molar-refractivity contribution < 1.29 is 26.9 Å². The number of β-lactam (4-membered cyclic amide) rings is 1. The number of benzene rings is 1. The summed E-state index contributed by atoms with van der Waals surface area (Å²) in [5.74, 6) is -0.418. The summed E-state index contributed by atoms with van der Waals surface area (Å²) in [6, 6.07) is 7.59. The quantitative estimate of drug-likeness (QED) is 0.550. The van der Waals surface area contributed by atoms with Crippen LogP contribution in [-0.4, -0.2) is 45.4 Å². The summed E-state index contributed by atoms with van der Waals surface area (Å²) >= 11 is 0. The molecule has 1 saturated heterocycles. The third-order valence-corrected chi connectivity index (χ3v) is 3.52. The number of hydrogen-bond acceptors (Lipinski definition) is 6. The molecule has 2 amide bonds. The molecule has 1 aliphatic heterocycles. The topological polar surface area (TPSA) is 111 Å². The van der Waals surface area contributed by atoms with Crippen LogP contribution < -0.4 is 10.6 Å². The fourth-order valence-corrected chi connectivity index (χ4v) is 2.23. The van der Waals surface area contributed by atoms with Gasteiger partial charge in [0.2, 0.25) is 5.91 Å². The maximum atomic E-state index is 11.6. The maximum absolute atomic E-state index is 11.6. The molecular formula is C13H16N2O6S. The van der Waals surface area contributed by atoms with Crippen LogP contribution in [0.1, 0.15) is 5.56 Å². The van der Waals surface area contributed by atoms with Crippen molar-refractivity contribution in [3.8, 4) is 0 Å². The van der Waals surface area contributed by atoms with Gasteiger partial charge in [0.25, 0.3) is 10.1 Å². The number of alkyl carbamates (subject to hydrolysis) is 1. The summed E-state index contributed by atoms with van der Waals surface area (Å²) in [4.78, 5) is 23.0. The molecule has 0 aromatic heterocycles. The van der Waals surface area contributed by atoms with E-state index in [0.717, 1.165) is 11.8 Å². The summed E-state index contributed by atoms with van der Waals surface area (Å²) in [5.41, 5.74) is 0.813. The molecule has 0 unspecified atom stereocenters. The zero-order valence-corrected chi connectivity index (χ0v) is 12.6. The minimum absolute atomic E-state index is 0.0749. The first-order valence-corrected chi connectivity index (χ1v) is 8.29. The Bertz CT molecular complexity index is 646. The Morgan fingerprint density at radius 2 is 2.00 bits per heavy atom. The van der Waals surface area contributed by atoms with Crippen LogP contribution in [0.25, 0.3) is 0 Å². The minimum Gasteiger partial charge on any atom is -0.445 e. The van der Waals surface area contributed by atoms with Gasteiger partial charge >= 0.3 is 6.09 Å². The van der Waals surface area contributed by atoms with Crippen LogP contribution in [0.2, 0.25) is 0 Å². The maximum Gasteiger partial charge on any atom is 0.408 e. The van der Waals surface area contributed by atoms with E-state index in [9.17, 15) is 18.0 Å². The molecule has 0 aliphatic carbocycles. The van der Waals surface area contributed by atoms with Crippen LogP contribution in [0.5, 0.6) is 0 Å². The summed E-state index contributed by atoms with van der Waals surface area (Å²) in [6.07, 6.45) is 0.150. The Hall–Kier alpha value is -2.13. The van der Waals surface area contributed by atoms with Crippen LogP contribution in [-0.2, 0) is 30.4 Å². The Morgan fingerprint density at radius 1 is 1.32 bits per heavy atom. The molecule has 0 spiro atoms. The van der Waals surface area contributed by atoms with Gasteiger partial charge in [-0.3, -0.25) is 8.98 Å². The van der Waals surface area contributed by atoms with E-state index in [1.54, 1.807) is 12.1 Å². The second-order valence-electron chi connectivity index (χ2n) is 4.79. The van der Waals surface area contributed by atoms with Crippen LogP contribution in [0.15, 0.2) is 30.3 Å².